The van der Waals surface area contributed by atoms with E-state index in [1.165, 1.54) is 36.5 Å². The van der Waals surface area contributed by atoms with Gasteiger partial charge < -0.3 is 121 Å². The molecule has 0 saturated carbocycles. The predicted molar refractivity (Wildman–Crippen MR) is 548 cm³/mol. The summed E-state index contributed by atoms with van der Waals surface area (Å²) in [5.41, 5.74) is -3.81. The molecule has 144 heavy (non-hydrogen) atoms. The Morgan fingerprint density at radius 3 is 0.354 bits per heavy atom. The summed E-state index contributed by atoms with van der Waals surface area (Å²) in [6, 6.07) is -6.74. The number of alkyl carbamates (subject to hydrolysis) is 6. The Morgan fingerprint density at radius 2 is 0.278 bits per heavy atom. The highest BCUT2D eigenvalue weighted by molar-refractivity contribution is 5.91. The first-order valence-corrected chi connectivity index (χ1v) is 48.6. The normalized spacial score (nSPS) is 14.2. The van der Waals surface area contributed by atoms with E-state index < -0.39 is 142 Å². The van der Waals surface area contributed by atoms with E-state index in [2.05, 4.69) is 63.8 Å². The maximum Gasteiger partial charge on any atom is 0.408 e. The van der Waals surface area contributed by atoms with E-state index >= 15 is 0 Å². The first-order valence-electron chi connectivity index (χ1n) is 48.6. The van der Waals surface area contributed by atoms with Crippen LogP contribution in [0.1, 0.15) is 291 Å². The summed E-state index contributed by atoms with van der Waals surface area (Å²) in [5, 5.41) is 31.5. The third kappa shape index (κ3) is 82.2. The average molecular weight is 2050 g/mol. The molecule has 0 radical (unpaired) electrons. The fraction of sp³-hybridized carbons (Fsp3) is 0.706. The minimum absolute atomic E-state index is 0.0633. The van der Waals surface area contributed by atoms with E-state index in [9.17, 15) is 86.3 Å². The van der Waals surface area contributed by atoms with E-state index in [0.717, 1.165) is 0 Å². The van der Waals surface area contributed by atoms with E-state index in [1.54, 1.807) is 244 Å². The van der Waals surface area contributed by atoms with E-state index in [4.69, 9.17) is 56.8 Å². The highest BCUT2D eigenvalue weighted by Crippen LogP contribution is 2.17. The van der Waals surface area contributed by atoms with Gasteiger partial charge in [-0.15, -0.1) is 0 Å². The van der Waals surface area contributed by atoms with Gasteiger partial charge in [0.15, 0.2) is 0 Å². The molecule has 42 heteroatoms. The van der Waals surface area contributed by atoms with Crippen LogP contribution in [0.2, 0.25) is 0 Å². The van der Waals surface area contributed by atoms with Crippen molar-refractivity contribution in [1.82, 2.24) is 63.8 Å². The van der Waals surface area contributed by atoms with Crippen molar-refractivity contribution in [3.8, 4) is 0 Å². The van der Waals surface area contributed by atoms with Crippen molar-refractivity contribution in [3.05, 3.63) is 72.9 Å². The van der Waals surface area contributed by atoms with Gasteiger partial charge in [0.2, 0.25) is 35.4 Å². The first-order chi connectivity index (χ1) is 65.7. The summed E-state index contributed by atoms with van der Waals surface area (Å²) in [6.07, 6.45) is 13.3. The molecule has 0 fully saturated rings. The molecule has 12 amide bonds. The molecule has 0 rings (SSSR count). The number of rotatable bonds is 42. The third-order valence-electron chi connectivity index (χ3n) is 17.3. The number of carbonyl (C=O) groups excluding carboxylic acids is 18. The molecule has 0 bridgehead atoms. The number of esters is 6. The largest absolute Gasteiger partial charge is 0.463 e. The molecule has 828 valence electrons. The van der Waals surface area contributed by atoms with Crippen molar-refractivity contribution in [2.75, 3.05) is 39.6 Å². The van der Waals surface area contributed by atoms with Gasteiger partial charge in [-0.2, -0.15) is 0 Å². The Bertz CT molecular complexity index is 3460. The van der Waals surface area contributed by atoms with Crippen molar-refractivity contribution in [2.45, 2.75) is 397 Å². The highest BCUT2D eigenvalue weighted by Gasteiger charge is 2.32. The van der Waals surface area contributed by atoms with Crippen molar-refractivity contribution < 1.29 is 143 Å². The van der Waals surface area contributed by atoms with Crippen molar-refractivity contribution in [2.24, 2.45) is 35.5 Å². The molecule has 0 aliphatic heterocycles. The third-order valence-corrected chi connectivity index (χ3v) is 17.3. The van der Waals surface area contributed by atoms with Gasteiger partial charge in [-0.05, 0) is 243 Å². The van der Waals surface area contributed by atoms with Crippen molar-refractivity contribution >= 4 is 108 Å². The van der Waals surface area contributed by atoms with Gasteiger partial charge in [0.25, 0.3) is 0 Å². The summed E-state index contributed by atoms with van der Waals surface area (Å²) >= 11 is 0. The lowest BCUT2D eigenvalue weighted by Gasteiger charge is -2.24. The highest BCUT2D eigenvalue weighted by atomic mass is 16.6. The van der Waals surface area contributed by atoms with Crippen LogP contribution in [0.25, 0.3) is 0 Å². The van der Waals surface area contributed by atoms with Gasteiger partial charge in [-0.1, -0.05) is 120 Å². The number of ether oxygens (including phenoxy) is 12. The van der Waals surface area contributed by atoms with Crippen LogP contribution in [0.15, 0.2) is 72.9 Å². The SMILES string of the molecule is CCOC(=O)/C=C/[C@@H](NC(=O)[C@H](C)NC(=O)OC(C)(C)C)C(C)C.CCOC(=O)/C=C/[C@@H](NC(=O)[C@H](C)NC(=O)OC(C)(C)C)C(C)C.CCOC(=O)/C=C/[C@@H](NC(=O)[C@H](C)NC(=O)OC(C)(C)C)C(C)C.CCOC(=O)/C=C/[C@@H](NC(=O)[C@H](C)NC(=O)OC(C)(C)C)C(C)C.CCOC(=O)/C=C/[C@@H](NC(=O)[C@H](C)NC(=O)OC(C)(C)C)C(C)C.CCOC(=O)/C=C/[C@@H](NC(=O)[C@H](C)NC(=O)OC(C)(C)C)C(C)C. The number of amides is 12. The Labute approximate surface area is 855 Å². The fourth-order valence-electron chi connectivity index (χ4n) is 9.89. The van der Waals surface area contributed by atoms with Gasteiger partial charge in [-0.25, -0.2) is 57.5 Å². The van der Waals surface area contributed by atoms with Gasteiger partial charge in [0, 0.05) is 36.5 Å². The lowest BCUT2D eigenvalue weighted by molar-refractivity contribution is -0.138. The monoisotopic (exact) mass is 2050 g/mol. The van der Waals surface area contributed by atoms with Crippen LogP contribution in [0.3, 0.4) is 0 Å². The van der Waals surface area contributed by atoms with Crippen molar-refractivity contribution in [3.63, 3.8) is 0 Å². The van der Waals surface area contributed by atoms with Crippen LogP contribution in [0.4, 0.5) is 28.8 Å². The molecule has 0 aromatic rings. The molecule has 42 nitrogen and oxygen atoms in total. The van der Waals surface area contributed by atoms with Crippen LogP contribution < -0.4 is 63.8 Å². The summed E-state index contributed by atoms with van der Waals surface area (Å²) in [6.45, 7) is 75.7. The smallest absolute Gasteiger partial charge is 0.408 e. The second-order valence-electron chi connectivity index (χ2n) is 40.5. The van der Waals surface area contributed by atoms with E-state index in [-0.39, 0.29) is 107 Å². The molecule has 0 unspecified atom stereocenters. The number of hydrogen-bond acceptors (Lipinski definition) is 30. The molecular formula is C102H180N12O30. The summed E-state index contributed by atoms with van der Waals surface area (Å²) in [4.78, 5) is 212. The van der Waals surface area contributed by atoms with Gasteiger partial charge in [0.05, 0.1) is 75.9 Å². The van der Waals surface area contributed by atoms with Gasteiger partial charge >= 0.3 is 72.4 Å². The molecule has 0 aliphatic rings. The zero-order valence-electron chi connectivity index (χ0n) is 93.8. The Kier molecular flexibility index (Phi) is 72.1. The van der Waals surface area contributed by atoms with Crippen LogP contribution in [0.5, 0.6) is 0 Å². The molecule has 0 spiro atoms. The molecule has 0 saturated heterocycles. The Hall–Kier alpha value is -12.3. The predicted octanol–water partition coefficient (Wildman–Crippen LogP) is 13.0. The second kappa shape index (κ2) is 72.9. The standard InChI is InChI=1S/6C17H30N2O5/c6*1-8-23-14(20)10-9-13(11(2)3)19-15(21)12(4)18-16(22)24-17(5,6)7/h6*9-13H,8H2,1-7H3,(H,18,22)(H,19,21)/b6*10-9+/t6*12-,13+/m000000/s1. The van der Waals surface area contributed by atoms with E-state index in [1.807, 2.05) is 83.1 Å². The number of nitrogens with one attached hydrogen (secondary N) is 12. The maximum atomic E-state index is 12.2. The molecule has 0 heterocycles. The Balaban J connectivity index is -0.000000397. The van der Waals surface area contributed by atoms with Crippen LogP contribution in [-0.4, -0.2) is 254 Å². The molecule has 12 atom stereocenters. The molecule has 12 N–H and O–H groups in total. The lowest BCUT2D eigenvalue weighted by Crippen LogP contribution is -2.49. The van der Waals surface area contributed by atoms with E-state index in [0.29, 0.717) is 39.6 Å². The molecule has 0 aromatic heterocycles. The minimum atomic E-state index is -0.767. The van der Waals surface area contributed by atoms with Gasteiger partial charge in [0.1, 0.15) is 69.9 Å². The number of carbonyl (C=O) groups is 18. The zero-order valence-corrected chi connectivity index (χ0v) is 93.8. The molecular weight excluding hydrogens is 1870 g/mol. The maximum absolute atomic E-state index is 12.2. The summed E-state index contributed by atoms with van der Waals surface area (Å²) in [7, 11) is 0. The fourth-order valence-corrected chi connectivity index (χ4v) is 9.89. The van der Waals surface area contributed by atoms with Crippen LogP contribution in [-0.2, 0) is 114 Å². The Morgan fingerprint density at radius 1 is 0.181 bits per heavy atom. The van der Waals surface area contributed by atoms with Crippen LogP contribution in [0, 0.1) is 35.5 Å². The topological polar surface area (TPSA) is 562 Å². The molecule has 0 aromatic carbocycles. The lowest BCUT2D eigenvalue weighted by atomic mass is 10.0. The first kappa shape index (κ1) is 142. The quantitative estimate of drug-likeness (QED) is 0.0153. The second-order valence-corrected chi connectivity index (χ2v) is 40.5. The average Bonchev–Trinajstić information content (AvgIpc) is 0.904. The number of hydrogen-bond donors (Lipinski definition) is 12. The van der Waals surface area contributed by atoms with Crippen LogP contribution >= 0.6 is 0 Å². The van der Waals surface area contributed by atoms with Crippen molar-refractivity contribution in [1.29, 1.82) is 0 Å². The molecule has 0 aliphatic carbocycles. The summed E-state index contributed by atoms with van der Waals surface area (Å²) in [5.74, 6) is -4.59. The van der Waals surface area contributed by atoms with Gasteiger partial charge in [-0.3, -0.25) is 28.8 Å². The summed E-state index contributed by atoms with van der Waals surface area (Å²) < 4.78 is 59.5. The zero-order chi connectivity index (χ0) is 113. The minimum Gasteiger partial charge on any atom is -0.463 e.